The van der Waals surface area contributed by atoms with Gasteiger partial charge in [0.15, 0.2) is 0 Å². The predicted octanol–water partition coefficient (Wildman–Crippen LogP) is 2.42. The van der Waals surface area contributed by atoms with Gasteiger partial charge in [0, 0.05) is 32.2 Å². The minimum Gasteiger partial charge on any atom is -0.343 e. The van der Waals surface area contributed by atoms with E-state index in [4.69, 9.17) is 0 Å². The number of aryl methyl sites for hydroxylation is 1. The molecule has 28 heavy (non-hydrogen) atoms. The van der Waals surface area contributed by atoms with Crippen LogP contribution in [0, 0.1) is 6.92 Å². The lowest BCUT2D eigenvalue weighted by molar-refractivity contribution is -0.132. The van der Waals surface area contributed by atoms with Crippen LogP contribution in [-0.4, -0.2) is 48.4 Å². The van der Waals surface area contributed by atoms with Crippen LogP contribution in [0.4, 0.5) is 0 Å². The van der Waals surface area contributed by atoms with Crippen molar-refractivity contribution in [1.82, 2.24) is 20.7 Å². The van der Waals surface area contributed by atoms with E-state index in [-0.39, 0.29) is 18.0 Å². The van der Waals surface area contributed by atoms with E-state index in [9.17, 15) is 4.79 Å². The van der Waals surface area contributed by atoms with E-state index in [0.29, 0.717) is 6.04 Å². The van der Waals surface area contributed by atoms with Crippen molar-refractivity contribution in [2.24, 2.45) is 0 Å². The summed E-state index contributed by atoms with van der Waals surface area (Å²) in [6.07, 6.45) is 1.77. The van der Waals surface area contributed by atoms with Crippen LogP contribution in [0.5, 0.6) is 0 Å². The van der Waals surface area contributed by atoms with E-state index in [1.165, 1.54) is 22.3 Å². The molecule has 0 radical (unpaired) electrons. The first kappa shape index (κ1) is 19.1. The Hall–Kier alpha value is -2.21. The Kier molecular flexibility index (Phi) is 5.49. The van der Waals surface area contributed by atoms with E-state index in [2.05, 4.69) is 78.3 Å². The first-order valence-electron chi connectivity index (χ1n) is 10.1. The maximum Gasteiger partial charge on any atom is 0.240 e. The van der Waals surface area contributed by atoms with Crippen molar-refractivity contribution in [2.75, 3.05) is 20.6 Å². The number of carbonyl (C=O) groups is 1. The standard InChI is InChI=1S/C23H30N4O/c1-16-8-10-17(11-9-16)21-13-22(25-24-21)23(28)27(3)15-20-12-18-6-4-5-7-19(18)14-26(20)2/h4-11,20-22,24-25H,12-15H2,1-3H3. The minimum absolute atomic E-state index is 0.161. The van der Waals surface area contributed by atoms with Crippen LogP contribution in [0.15, 0.2) is 48.5 Å². The molecule has 5 heteroatoms. The van der Waals surface area contributed by atoms with Crippen LogP contribution >= 0.6 is 0 Å². The Labute approximate surface area is 167 Å². The van der Waals surface area contributed by atoms with E-state index >= 15 is 0 Å². The van der Waals surface area contributed by atoms with Crippen molar-refractivity contribution in [3.05, 3.63) is 70.8 Å². The fraction of sp³-hybridized carbons (Fsp3) is 0.435. The van der Waals surface area contributed by atoms with Gasteiger partial charge in [-0.2, -0.15) is 0 Å². The monoisotopic (exact) mass is 378 g/mol. The number of carbonyl (C=O) groups excluding carboxylic acids is 1. The molecule has 0 aromatic heterocycles. The second-order valence-corrected chi connectivity index (χ2v) is 8.30. The highest BCUT2D eigenvalue weighted by molar-refractivity contribution is 5.82. The van der Waals surface area contributed by atoms with Crippen molar-refractivity contribution < 1.29 is 4.79 Å². The lowest BCUT2D eigenvalue weighted by Crippen LogP contribution is -2.50. The summed E-state index contributed by atoms with van der Waals surface area (Å²) in [7, 11) is 4.08. The number of hydrogen-bond donors (Lipinski definition) is 2. The van der Waals surface area contributed by atoms with E-state index in [1.54, 1.807) is 0 Å². The van der Waals surface area contributed by atoms with E-state index in [0.717, 1.165) is 25.9 Å². The molecule has 0 aliphatic carbocycles. The SMILES string of the molecule is Cc1ccc(C2CC(C(=O)N(C)CC3Cc4ccccc4CN3C)NN2)cc1. The smallest absolute Gasteiger partial charge is 0.240 e. The van der Waals surface area contributed by atoms with Gasteiger partial charge in [-0.05, 0) is 43.5 Å². The lowest BCUT2D eigenvalue weighted by Gasteiger charge is -2.36. The number of fused-ring (bicyclic) bond motifs is 1. The number of amides is 1. The third-order valence-electron chi connectivity index (χ3n) is 6.16. The van der Waals surface area contributed by atoms with Gasteiger partial charge >= 0.3 is 0 Å². The molecule has 2 aliphatic heterocycles. The maximum absolute atomic E-state index is 13.0. The molecule has 0 bridgehead atoms. The number of nitrogens with one attached hydrogen (secondary N) is 2. The first-order chi connectivity index (χ1) is 13.5. The Morgan fingerprint density at radius 2 is 1.82 bits per heavy atom. The fourth-order valence-electron chi connectivity index (χ4n) is 4.33. The molecule has 2 heterocycles. The summed E-state index contributed by atoms with van der Waals surface area (Å²) in [5.74, 6) is 0.161. The van der Waals surface area contributed by atoms with Crippen molar-refractivity contribution in [1.29, 1.82) is 0 Å². The topological polar surface area (TPSA) is 47.6 Å². The summed E-state index contributed by atoms with van der Waals surface area (Å²) in [5, 5.41) is 0. The average molecular weight is 379 g/mol. The van der Waals surface area contributed by atoms with Crippen LogP contribution in [0.3, 0.4) is 0 Å². The maximum atomic E-state index is 13.0. The third-order valence-corrected chi connectivity index (χ3v) is 6.16. The van der Waals surface area contributed by atoms with Gasteiger partial charge in [0.25, 0.3) is 0 Å². The second-order valence-electron chi connectivity index (χ2n) is 8.30. The molecular weight excluding hydrogens is 348 g/mol. The van der Waals surface area contributed by atoms with Gasteiger partial charge in [0.2, 0.25) is 5.91 Å². The predicted molar refractivity (Wildman–Crippen MR) is 112 cm³/mol. The minimum atomic E-state index is -0.183. The van der Waals surface area contributed by atoms with E-state index in [1.807, 2.05) is 11.9 Å². The third kappa shape index (κ3) is 3.97. The summed E-state index contributed by atoms with van der Waals surface area (Å²) < 4.78 is 0. The summed E-state index contributed by atoms with van der Waals surface area (Å²) in [6.45, 7) is 3.78. The van der Waals surface area contributed by atoms with Gasteiger partial charge in [-0.15, -0.1) is 0 Å². The molecule has 5 nitrogen and oxygen atoms in total. The Morgan fingerprint density at radius 3 is 2.57 bits per heavy atom. The van der Waals surface area contributed by atoms with Gasteiger partial charge in [-0.3, -0.25) is 9.69 Å². The number of nitrogens with zero attached hydrogens (tertiary/aromatic N) is 2. The highest BCUT2D eigenvalue weighted by atomic mass is 16.2. The Morgan fingerprint density at radius 1 is 1.11 bits per heavy atom. The van der Waals surface area contributed by atoms with Crippen molar-refractivity contribution in [2.45, 2.75) is 44.4 Å². The molecule has 1 fully saturated rings. The highest BCUT2D eigenvalue weighted by Gasteiger charge is 2.33. The second kappa shape index (κ2) is 8.03. The summed E-state index contributed by atoms with van der Waals surface area (Å²) in [5.41, 5.74) is 11.8. The molecule has 0 saturated carbocycles. The van der Waals surface area contributed by atoms with Crippen molar-refractivity contribution >= 4 is 5.91 Å². The molecule has 3 atom stereocenters. The molecule has 148 valence electrons. The van der Waals surface area contributed by atoms with Crippen molar-refractivity contribution in [3.63, 3.8) is 0 Å². The van der Waals surface area contributed by atoms with Crippen LogP contribution in [0.25, 0.3) is 0 Å². The van der Waals surface area contributed by atoms with E-state index < -0.39 is 0 Å². The Balaban J connectivity index is 1.36. The van der Waals surface area contributed by atoms with Crippen LogP contribution in [0.2, 0.25) is 0 Å². The number of benzene rings is 2. The fourth-order valence-corrected chi connectivity index (χ4v) is 4.33. The molecule has 2 aromatic carbocycles. The van der Waals surface area contributed by atoms with Crippen LogP contribution in [-0.2, 0) is 17.8 Å². The molecule has 3 unspecified atom stereocenters. The zero-order chi connectivity index (χ0) is 19.7. The normalized spacial score (nSPS) is 24.8. The summed E-state index contributed by atoms with van der Waals surface area (Å²) >= 11 is 0. The number of likely N-dealkylation sites (N-methyl/N-ethyl adjacent to an activating group) is 2. The van der Waals surface area contributed by atoms with Gasteiger partial charge in [0.05, 0.1) is 0 Å². The molecule has 1 saturated heterocycles. The molecule has 1 amide bonds. The average Bonchev–Trinajstić information content (AvgIpc) is 3.18. The quantitative estimate of drug-likeness (QED) is 0.858. The largest absolute Gasteiger partial charge is 0.343 e. The lowest BCUT2D eigenvalue weighted by atomic mass is 9.94. The molecule has 0 spiro atoms. The number of rotatable bonds is 4. The number of hydrogen-bond acceptors (Lipinski definition) is 4. The number of hydrazine groups is 1. The zero-order valence-electron chi connectivity index (χ0n) is 17.0. The summed E-state index contributed by atoms with van der Waals surface area (Å²) in [6, 6.07) is 17.5. The van der Waals surface area contributed by atoms with Gasteiger partial charge < -0.3 is 4.90 Å². The molecule has 2 aliphatic rings. The van der Waals surface area contributed by atoms with Crippen LogP contribution < -0.4 is 10.9 Å². The molecular formula is C23H30N4O. The highest BCUT2D eigenvalue weighted by Crippen LogP contribution is 2.25. The molecule has 4 rings (SSSR count). The Bertz CT molecular complexity index is 835. The first-order valence-corrected chi connectivity index (χ1v) is 10.1. The van der Waals surface area contributed by atoms with Gasteiger partial charge in [-0.1, -0.05) is 54.1 Å². The van der Waals surface area contributed by atoms with Gasteiger partial charge in [-0.25, -0.2) is 10.9 Å². The van der Waals surface area contributed by atoms with Gasteiger partial charge in [0.1, 0.15) is 6.04 Å². The molecule has 2 N–H and O–H groups in total. The van der Waals surface area contributed by atoms with Crippen molar-refractivity contribution in [3.8, 4) is 0 Å². The van der Waals surface area contributed by atoms with Crippen LogP contribution in [0.1, 0.15) is 34.7 Å². The zero-order valence-corrected chi connectivity index (χ0v) is 17.0. The summed E-state index contributed by atoms with van der Waals surface area (Å²) in [4.78, 5) is 17.3. The molecule has 2 aromatic rings.